The third-order valence-corrected chi connectivity index (χ3v) is 3.98. The van der Waals surface area contributed by atoms with Gasteiger partial charge >= 0.3 is 0 Å². The molecule has 0 saturated heterocycles. The molecule has 1 atom stereocenters. The highest BCUT2D eigenvalue weighted by molar-refractivity contribution is 5.94. The summed E-state index contributed by atoms with van der Waals surface area (Å²) in [5, 5.41) is 2.98. The fourth-order valence-corrected chi connectivity index (χ4v) is 2.84. The molecular weight excluding hydrogens is 264 g/mol. The standard InChI is InChI=1S/C17H18N2O2/c1-11-6-9-15(16(20)18-11)17(21)19-14-8-7-12-4-2-3-5-13(12)10-14/h2-6,9,14H,7-8,10H2,1H3,(H,18,20)(H,19,21)/t14-/m1/s1. The van der Waals surface area contributed by atoms with Crippen molar-refractivity contribution < 1.29 is 4.79 Å². The lowest BCUT2D eigenvalue weighted by Crippen LogP contribution is -2.40. The van der Waals surface area contributed by atoms with Crippen LogP contribution in [0.3, 0.4) is 0 Å². The summed E-state index contributed by atoms with van der Waals surface area (Å²) >= 11 is 0. The Bertz CT molecular complexity index is 734. The normalized spacial score (nSPS) is 17.1. The van der Waals surface area contributed by atoms with E-state index in [2.05, 4.69) is 22.4 Å². The molecule has 108 valence electrons. The smallest absolute Gasteiger partial charge is 0.260 e. The Balaban J connectivity index is 1.73. The second kappa shape index (κ2) is 5.56. The summed E-state index contributed by atoms with van der Waals surface area (Å²) in [6.45, 7) is 1.79. The number of hydrogen-bond donors (Lipinski definition) is 2. The lowest BCUT2D eigenvalue weighted by molar-refractivity contribution is 0.0932. The fraction of sp³-hybridized carbons (Fsp3) is 0.294. The molecule has 2 aromatic rings. The van der Waals surface area contributed by atoms with Crippen LogP contribution in [0.1, 0.15) is 33.6 Å². The van der Waals surface area contributed by atoms with Crippen molar-refractivity contribution in [3.8, 4) is 0 Å². The van der Waals surface area contributed by atoms with E-state index in [1.807, 2.05) is 12.1 Å². The lowest BCUT2D eigenvalue weighted by atomic mass is 9.88. The molecule has 1 aromatic heterocycles. The number of pyridine rings is 1. The number of carbonyl (C=O) groups is 1. The molecule has 1 aliphatic rings. The zero-order valence-electron chi connectivity index (χ0n) is 12.0. The average Bonchev–Trinajstić information content (AvgIpc) is 2.47. The van der Waals surface area contributed by atoms with E-state index in [4.69, 9.17) is 0 Å². The molecule has 1 aromatic carbocycles. The molecule has 4 nitrogen and oxygen atoms in total. The van der Waals surface area contributed by atoms with E-state index in [1.54, 1.807) is 19.1 Å². The molecule has 1 amide bonds. The van der Waals surface area contributed by atoms with E-state index in [1.165, 1.54) is 11.1 Å². The van der Waals surface area contributed by atoms with Crippen LogP contribution in [0.4, 0.5) is 0 Å². The lowest BCUT2D eigenvalue weighted by Gasteiger charge is -2.25. The highest BCUT2D eigenvalue weighted by Gasteiger charge is 2.21. The van der Waals surface area contributed by atoms with Gasteiger partial charge in [-0.25, -0.2) is 0 Å². The third kappa shape index (κ3) is 2.89. The Morgan fingerprint density at radius 2 is 1.95 bits per heavy atom. The Kier molecular flexibility index (Phi) is 3.60. The second-order valence-electron chi connectivity index (χ2n) is 5.57. The van der Waals surface area contributed by atoms with Crippen LogP contribution < -0.4 is 10.9 Å². The van der Waals surface area contributed by atoms with E-state index in [-0.39, 0.29) is 23.1 Å². The Morgan fingerprint density at radius 1 is 1.19 bits per heavy atom. The van der Waals surface area contributed by atoms with Crippen LogP contribution in [-0.4, -0.2) is 16.9 Å². The zero-order chi connectivity index (χ0) is 14.8. The van der Waals surface area contributed by atoms with E-state index >= 15 is 0 Å². The van der Waals surface area contributed by atoms with Gasteiger partial charge in [-0.15, -0.1) is 0 Å². The van der Waals surface area contributed by atoms with Crippen LogP contribution in [0.15, 0.2) is 41.2 Å². The summed E-state index contributed by atoms with van der Waals surface area (Å²) in [7, 11) is 0. The van der Waals surface area contributed by atoms with Gasteiger partial charge in [0.15, 0.2) is 0 Å². The van der Waals surface area contributed by atoms with Crippen molar-refractivity contribution in [2.24, 2.45) is 0 Å². The minimum absolute atomic E-state index is 0.0908. The van der Waals surface area contributed by atoms with Gasteiger partial charge in [0.2, 0.25) is 0 Å². The van der Waals surface area contributed by atoms with Crippen molar-refractivity contribution in [3.63, 3.8) is 0 Å². The van der Waals surface area contributed by atoms with Gasteiger partial charge in [0, 0.05) is 11.7 Å². The summed E-state index contributed by atoms with van der Waals surface area (Å²) in [6, 6.07) is 11.7. The Labute approximate surface area is 123 Å². The minimum atomic E-state index is -0.330. The molecular formula is C17H18N2O2. The highest BCUT2D eigenvalue weighted by Crippen LogP contribution is 2.21. The number of benzene rings is 1. The molecule has 4 heteroatoms. The van der Waals surface area contributed by atoms with E-state index in [9.17, 15) is 9.59 Å². The van der Waals surface area contributed by atoms with Crippen molar-refractivity contribution in [2.45, 2.75) is 32.2 Å². The number of carbonyl (C=O) groups excluding carboxylic acids is 1. The van der Waals surface area contributed by atoms with Crippen molar-refractivity contribution in [1.29, 1.82) is 0 Å². The predicted octanol–water partition coefficient (Wildman–Crippen LogP) is 1.97. The maximum Gasteiger partial charge on any atom is 0.260 e. The molecule has 1 aliphatic carbocycles. The number of aromatic amines is 1. The summed E-state index contributed by atoms with van der Waals surface area (Å²) < 4.78 is 0. The van der Waals surface area contributed by atoms with Gasteiger partial charge in [0.05, 0.1) is 0 Å². The quantitative estimate of drug-likeness (QED) is 0.884. The monoisotopic (exact) mass is 282 g/mol. The highest BCUT2D eigenvalue weighted by atomic mass is 16.2. The van der Waals surface area contributed by atoms with Gasteiger partial charge < -0.3 is 10.3 Å². The number of nitrogens with one attached hydrogen (secondary N) is 2. The van der Waals surface area contributed by atoms with Crippen LogP contribution in [0.25, 0.3) is 0 Å². The Morgan fingerprint density at radius 3 is 2.71 bits per heavy atom. The molecule has 0 spiro atoms. The van der Waals surface area contributed by atoms with Crippen molar-refractivity contribution >= 4 is 5.91 Å². The van der Waals surface area contributed by atoms with Crippen LogP contribution in [0.2, 0.25) is 0 Å². The summed E-state index contributed by atoms with van der Waals surface area (Å²) in [4.78, 5) is 26.7. The summed E-state index contributed by atoms with van der Waals surface area (Å²) in [5.41, 5.74) is 3.24. The molecule has 0 saturated carbocycles. The zero-order valence-corrected chi connectivity index (χ0v) is 12.0. The van der Waals surface area contributed by atoms with Gasteiger partial charge in [0.1, 0.15) is 5.56 Å². The number of H-pyrrole nitrogens is 1. The molecule has 2 N–H and O–H groups in total. The van der Waals surface area contributed by atoms with Crippen molar-refractivity contribution in [2.75, 3.05) is 0 Å². The van der Waals surface area contributed by atoms with Crippen molar-refractivity contribution in [1.82, 2.24) is 10.3 Å². The van der Waals surface area contributed by atoms with E-state index in [0.717, 1.165) is 25.0 Å². The summed E-state index contributed by atoms with van der Waals surface area (Å²) in [6.07, 6.45) is 2.70. The van der Waals surface area contributed by atoms with Gasteiger partial charge in [0.25, 0.3) is 11.5 Å². The number of aryl methyl sites for hydroxylation is 2. The second-order valence-corrected chi connectivity index (χ2v) is 5.57. The van der Waals surface area contributed by atoms with Gasteiger partial charge in [-0.3, -0.25) is 9.59 Å². The van der Waals surface area contributed by atoms with E-state index < -0.39 is 0 Å². The molecule has 0 bridgehead atoms. The first-order chi connectivity index (χ1) is 10.1. The number of hydrogen-bond acceptors (Lipinski definition) is 2. The van der Waals surface area contributed by atoms with Crippen LogP contribution in [0, 0.1) is 6.92 Å². The van der Waals surface area contributed by atoms with Gasteiger partial charge in [-0.2, -0.15) is 0 Å². The average molecular weight is 282 g/mol. The number of amides is 1. The van der Waals surface area contributed by atoms with Gasteiger partial charge in [-0.05, 0) is 49.4 Å². The SMILES string of the molecule is Cc1ccc(C(=O)N[C@@H]2CCc3ccccc3C2)c(=O)[nH]1. The largest absolute Gasteiger partial charge is 0.349 e. The number of rotatable bonds is 2. The predicted molar refractivity (Wildman–Crippen MR) is 81.5 cm³/mol. The minimum Gasteiger partial charge on any atom is -0.349 e. The molecule has 1 heterocycles. The maximum absolute atomic E-state index is 12.2. The van der Waals surface area contributed by atoms with Crippen molar-refractivity contribution in [3.05, 3.63) is 69.1 Å². The number of aromatic nitrogens is 1. The number of fused-ring (bicyclic) bond motifs is 1. The van der Waals surface area contributed by atoms with E-state index in [0.29, 0.717) is 0 Å². The topological polar surface area (TPSA) is 62.0 Å². The molecule has 0 unspecified atom stereocenters. The molecule has 3 rings (SSSR count). The van der Waals surface area contributed by atoms with Gasteiger partial charge in [-0.1, -0.05) is 24.3 Å². The maximum atomic E-state index is 12.2. The van der Waals surface area contributed by atoms with Crippen LogP contribution in [-0.2, 0) is 12.8 Å². The Hall–Kier alpha value is -2.36. The van der Waals surface area contributed by atoms with Crippen LogP contribution in [0.5, 0.6) is 0 Å². The third-order valence-electron chi connectivity index (χ3n) is 3.98. The first-order valence-corrected chi connectivity index (χ1v) is 7.21. The van der Waals surface area contributed by atoms with Crippen LogP contribution >= 0.6 is 0 Å². The molecule has 0 aliphatic heterocycles. The first-order valence-electron chi connectivity index (χ1n) is 7.21. The molecule has 0 radical (unpaired) electrons. The fourth-order valence-electron chi connectivity index (χ4n) is 2.84. The first kappa shape index (κ1) is 13.6. The summed E-state index contributed by atoms with van der Waals surface area (Å²) in [5.74, 6) is -0.291. The molecule has 21 heavy (non-hydrogen) atoms. The molecule has 0 fully saturated rings.